The Bertz CT molecular complexity index is 1040. The van der Waals surface area contributed by atoms with Crippen molar-refractivity contribution in [3.05, 3.63) is 86.7 Å². The minimum Gasteiger partial charge on any atom is -0.316 e. The van der Waals surface area contributed by atoms with E-state index in [0.717, 1.165) is 28.2 Å². The molecule has 0 bridgehead atoms. The average Bonchev–Trinajstić information content (AvgIpc) is 2.91. The molecule has 0 spiro atoms. The number of rotatable bonds is 4. The summed E-state index contributed by atoms with van der Waals surface area (Å²) >= 11 is 12.5. The smallest absolute Gasteiger partial charge is 0.271 e. The Morgan fingerprint density at radius 3 is 2.56 bits per heavy atom. The van der Waals surface area contributed by atoms with Gasteiger partial charge in [-0.15, -0.1) is 0 Å². The fourth-order valence-electron chi connectivity index (χ4n) is 2.99. The second kappa shape index (κ2) is 7.99. The first-order valence-corrected chi connectivity index (χ1v) is 9.17. The number of aromatic nitrogens is 1. The van der Waals surface area contributed by atoms with Gasteiger partial charge in [-0.2, -0.15) is 5.10 Å². The van der Waals surface area contributed by atoms with Crippen LogP contribution in [-0.4, -0.2) is 16.7 Å². The van der Waals surface area contributed by atoms with Crippen molar-refractivity contribution in [2.24, 2.45) is 5.10 Å². The number of hydrogen-bond donors (Lipinski definition) is 1. The Labute approximate surface area is 168 Å². The van der Waals surface area contributed by atoms with E-state index in [1.807, 2.05) is 55.7 Å². The third kappa shape index (κ3) is 4.07. The first-order chi connectivity index (χ1) is 12.9. The van der Waals surface area contributed by atoms with E-state index in [1.165, 1.54) is 0 Å². The number of carbonyl (C=O) groups excluding carboxylic acids is 1. The molecule has 3 aromatic rings. The maximum absolute atomic E-state index is 12.3. The van der Waals surface area contributed by atoms with Crippen LogP contribution in [0, 0.1) is 20.8 Å². The number of hydrazone groups is 1. The van der Waals surface area contributed by atoms with Crippen LogP contribution in [0.3, 0.4) is 0 Å². The van der Waals surface area contributed by atoms with Crippen LogP contribution in [-0.2, 0) is 0 Å². The van der Waals surface area contributed by atoms with Crippen LogP contribution in [0.2, 0.25) is 10.0 Å². The van der Waals surface area contributed by atoms with Crippen molar-refractivity contribution in [1.82, 2.24) is 9.99 Å². The molecule has 1 heterocycles. The van der Waals surface area contributed by atoms with Gasteiger partial charge in [0, 0.05) is 27.5 Å². The number of aryl methyl sites for hydroxylation is 2. The number of hydrogen-bond acceptors (Lipinski definition) is 2. The molecule has 0 fully saturated rings. The predicted molar refractivity (Wildman–Crippen MR) is 112 cm³/mol. The van der Waals surface area contributed by atoms with Gasteiger partial charge in [-0.1, -0.05) is 41.4 Å². The van der Waals surface area contributed by atoms with Crippen LogP contribution in [0.25, 0.3) is 5.69 Å². The van der Waals surface area contributed by atoms with Gasteiger partial charge in [0.2, 0.25) is 0 Å². The summed E-state index contributed by atoms with van der Waals surface area (Å²) in [6, 6.07) is 14.7. The zero-order valence-electron chi connectivity index (χ0n) is 15.3. The van der Waals surface area contributed by atoms with Gasteiger partial charge in [0.05, 0.1) is 16.9 Å². The molecule has 2 aromatic carbocycles. The largest absolute Gasteiger partial charge is 0.316 e. The van der Waals surface area contributed by atoms with Crippen molar-refractivity contribution in [1.29, 1.82) is 0 Å². The van der Waals surface area contributed by atoms with Gasteiger partial charge < -0.3 is 4.57 Å². The van der Waals surface area contributed by atoms with Crippen molar-refractivity contribution in [3.63, 3.8) is 0 Å². The molecule has 1 N–H and O–H groups in total. The van der Waals surface area contributed by atoms with E-state index in [9.17, 15) is 4.79 Å². The summed E-state index contributed by atoms with van der Waals surface area (Å²) in [5.74, 6) is -0.240. The van der Waals surface area contributed by atoms with E-state index < -0.39 is 0 Å². The monoisotopic (exact) mass is 399 g/mol. The van der Waals surface area contributed by atoms with Crippen LogP contribution in [0.15, 0.2) is 53.6 Å². The molecule has 0 saturated heterocycles. The highest BCUT2D eigenvalue weighted by Gasteiger charge is 2.13. The van der Waals surface area contributed by atoms with Crippen LogP contribution < -0.4 is 5.43 Å². The molecule has 3 rings (SSSR count). The lowest BCUT2D eigenvalue weighted by atomic mass is 10.1. The molecular weight excluding hydrogens is 381 g/mol. The molecule has 0 aliphatic heterocycles. The summed E-state index contributed by atoms with van der Waals surface area (Å²) in [6.07, 6.45) is 1.63. The molecule has 0 aliphatic rings. The van der Waals surface area contributed by atoms with E-state index in [2.05, 4.69) is 10.5 Å². The van der Waals surface area contributed by atoms with E-state index in [4.69, 9.17) is 23.2 Å². The van der Waals surface area contributed by atoms with Crippen LogP contribution in [0.4, 0.5) is 0 Å². The summed E-state index contributed by atoms with van der Waals surface area (Å²) in [7, 11) is 0. The Hall–Kier alpha value is -2.56. The average molecular weight is 400 g/mol. The van der Waals surface area contributed by atoms with Crippen LogP contribution in [0.1, 0.15) is 32.9 Å². The normalized spacial score (nSPS) is 11.1. The number of halogens is 2. The van der Waals surface area contributed by atoms with Gasteiger partial charge in [0.25, 0.3) is 5.91 Å². The Balaban J connectivity index is 1.85. The highest BCUT2D eigenvalue weighted by molar-refractivity contribution is 6.34. The van der Waals surface area contributed by atoms with Gasteiger partial charge in [-0.05, 0) is 56.7 Å². The quantitative estimate of drug-likeness (QED) is 0.458. The van der Waals surface area contributed by atoms with Crippen molar-refractivity contribution >= 4 is 35.3 Å². The molecule has 0 aliphatic carbocycles. The zero-order valence-corrected chi connectivity index (χ0v) is 16.8. The van der Waals surface area contributed by atoms with Crippen molar-refractivity contribution in [2.45, 2.75) is 20.8 Å². The third-order valence-electron chi connectivity index (χ3n) is 4.38. The lowest BCUT2D eigenvalue weighted by Gasteiger charge is -2.12. The summed E-state index contributed by atoms with van der Waals surface area (Å²) in [5, 5.41) is 5.33. The van der Waals surface area contributed by atoms with E-state index in [1.54, 1.807) is 24.4 Å². The molecule has 27 heavy (non-hydrogen) atoms. The lowest BCUT2D eigenvalue weighted by Crippen LogP contribution is -2.18. The molecule has 1 amide bonds. The molecule has 138 valence electrons. The standard InChI is InChI=1S/C21H19Cl2N3O/c1-13-6-4-5-7-18(13)21(27)25-24-12-16-10-14(2)26(15(16)3)20-11-17(22)8-9-19(20)23/h4-12H,1-3H3,(H,25,27)/b24-12-. The summed E-state index contributed by atoms with van der Waals surface area (Å²) in [5.41, 5.74) is 7.71. The summed E-state index contributed by atoms with van der Waals surface area (Å²) in [6.45, 7) is 5.84. The predicted octanol–water partition coefficient (Wildman–Crippen LogP) is 5.47. The Morgan fingerprint density at radius 2 is 1.81 bits per heavy atom. The minimum absolute atomic E-state index is 0.240. The molecule has 0 saturated carbocycles. The van der Waals surface area contributed by atoms with Crippen molar-refractivity contribution in [3.8, 4) is 5.69 Å². The maximum atomic E-state index is 12.3. The Morgan fingerprint density at radius 1 is 1.07 bits per heavy atom. The summed E-state index contributed by atoms with van der Waals surface area (Å²) < 4.78 is 2.01. The molecular formula is C21H19Cl2N3O. The van der Waals surface area contributed by atoms with Gasteiger partial charge >= 0.3 is 0 Å². The molecule has 6 heteroatoms. The maximum Gasteiger partial charge on any atom is 0.271 e. The summed E-state index contributed by atoms with van der Waals surface area (Å²) in [4.78, 5) is 12.3. The lowest BCUT2D eigenvalue weighted by molar-refractivity contribution is 0.0954. The molecule has 0 atom stereocenters. The molecule has 4 nitrogen and oxygen atoms in total. The number of carbonyl (C=O) groups is 1. The highest BCUT2D eigenvalue weighted by atomic mass is 35.5. The van der Waals surface area contributed by atoms with Crippen molar-refractivity contribution in [2.75, 3.05) is 0 Å². The molecule has 0 unspecified atom stereocenters. The number of amides is 1. The first kappa shape index (κ1) is 19.2. The van der Waals surface area contributed by atoms with Gasteiger partial charge in [-0.25, -0.2) is 5.43 Å². The van der Waals surface area contributed by atoms with Gasteiger partial charge in [-0.3, -0.25) is 4.79 Å². The van der Waals surface area contributed by atoms with Gasteiger partial charge in [0.15, 0.2) is 0 Å². The second-order valence-electron chi connectivity index (χ2n) is 6.27. The SMILES string of the molecule is Cc1ccccc1C(=O)N/N=C\c1cc(C)n(-c2cc(Cl)ccc2Cl)c1C. The zero-order chi connectivity index (χ0) is 19.6. The minimum atomic E-state index is -0.240. The topological polar surface area (TPSA) is 46.4 Å². The molecule has 0 radical (unpaired) electrons. The molecule has 1 aromatic heterocycles. The number of nitrogens with zero attached hydrogens (tertiary/aromatic N) is 2. The Kier molecular flexibility index (Phi) is 5.68. The van der Waals surface area contributed by atoms with E-state index >= 15 is 0 Å². The number of nitrogens with one attached hydrogen (secondary N) is 1. The van der Waals surface area contributed by atoms with E-state index in [-0.39, 0.29) is 5.91 Å². The van der Waals surface area contributed by atoms with E-state index in [0.29, 0.717) is 15.6 Å². The fourth-order valence-corrected chi connectivity index (χ4v) is 3.36. The van der Waals surface area contributed by atoms with Crippen LogP contribution >= 0.6 is 23.2 Å². The first-order valence-electron chi connectivity index (χ1n) is 8.42. The highest BCUT2D eigenvalue weighted by Crippen LogP contribution is 2.28. The van der Waals surface area contributed by atoms with Crippen molar-refractivity contribution < 1.29 is 4.79 Å². The van der Waals surface area contributed by atoms with Crippen LogP contribution in [0.5, 0.6) is 0 Å². The van der Waals surface area contributed by atoms with Gasteiger partial charge in [0.1, 0.15) is 0 Å². The fraction of sp³-hybridized carbons (Fsp3) is 0.143. The third-order valence-corrected chi connectivity index (χ3v) is 4.93. The second-order valence-corrected chi connectivity index (χ2v) is 7.12. The number of benzene rings is 2.